The third kappa shape index (κ3) is 5.03. The van der Waals surface area contributed by atoms with E-state index in [1.54, 1.807) is 18.2 Å². The molecule has 21 heavy (non-hydrogen) atoms. The van der Waals surface area contributed by atoms with Crippen molar-refractivity contribution in [3.63, 3.8) is 0 Å². The molecule has 0 fully saturated rings. The van der Waals surface area contributed by atoms with E-state index in [1.807, 2.05) is 13.8 Å². The number of nitro benzene ring substituents is 1. The average Bonchev–Trinajstić information content (AvgIpc) is 2.50. The molecule has 0 amide bonds. The molecule has 0 heterocycles. The van der Waals surface area contributed by atoms with Crippen molar-refractivity contribution in [1.29, 1.82) is 5.26 Å². The maximum atomic E-state index is 10.9. The first-order chi connectivity index (χ1) is 10.1. The van der Waals surface area contributed by atoms with Crippen molar-refractivity contribution < 1.29 is 4.92 Å². The van der Waals surface area contributed by atoms with Gasteiger partial charge in [-0.25, -0.2) is 0 Å². The van der Waals surface area contributed by atoms with Crippen LogP contribution in [0.4, 0.5) is 5.69 Å². The van der Waals surface area contributed by atoms with Gasteiger partial charge in [0, 0.05) is 6.07 Å². The monoisotopic (exact) mass is 307 g/mol. The second kappa shape index (κ2) is 8.65. The van der Waals surface area contributed by atoms with Gasteiger partial charge in [0.05, 0.1) is 15.9 Å². The summed E-state index contributed by atoms with van der Waals surface area (Å²) in [5.74, 6) is 0.764. The number of nitriles is 1. The minimum absolute atomic E-state index is 0.149. The first kappa shape index (κ1) is 17.5. The van der Waals surface area contributed by atoms with Gasteiger partial charge in [-0.05, 0) is 37.6 Å². The minimum atomic E-state index is -0.474. The van der Waals surface area contributed by atoms with E-state index in [9.17, 15) is 15.4 Å². The molecule has 0 aliphatic rings. The lowest BCUT2D eigenvalue weighted by molar-refractivity contribution is -0.387. The van der Waals surface area contributed by atoms with Gasteiger partial charge >= 0.3 is 0 Å². The van der Waals surface area contributed by atoms with Crippen molar-refractivity contribution in [1.82, 2.24) is 5.32 Å². The maximum absolute atomic E-state index is 10.9. The van der Waals surface area contributed by atoms with Gasteiger partial charge in [-0.2, -0.15) is 5.26 Å². The lowest BCUT2D eigenvalue weighted by Crippen LogP contribution is -2.43. The molecule has 0 spiro atoms. The zero-order valence-electron chi connectivity index (χ0n) is 12.5. The van der Waals surface area contributed by atoms with Crippen molar-refractivity contribution in [2.75, 3.05) is 12.3 Å². The Labute approximate surface area is 129 Å². The first-order valence-corrected chi connectivity index (χ1v) is 8.09. The van der Waals surface area contributed by atoms with Crippen LogP contribution >= 0.6 is 11.8 Å². The van der Waals surface area contributed by atoms with E-state index < -0.39 is 5.54 Å². The van der Waals surface area contributed by atoms with E-state index in [2.05, 4.69) is 11.4 Å². The van der Waals surface area contributed by atoms with E-state index >= 15 is 0 Å². The largest absolute Gasteiger partial charge is 0.300 e. The zero-order chi connectivity index (χ0) is 15.7. The summed E-state index contributed by atoms with van der Waals surface area (Å²) in [7, 11) is 0. The molecular formula is C15H21N3O2S. The zero-order valence-corrected chi connectivity index (χ0v) is 13.3. The summed E-state index contributed by atoms with van der Waals surface area (Å²) in [6, 6.07) is 9.13. The molecule has 0 saturated carbocycles. The molecule has 0 bridgehead atoms. The predicted octanol–water partition coefficient (Wildman–Crippen LogP) is 3.75. The molecule has 1 aromatic rings. The highest BCUT2D eigenvalue weighted by molar-refractivity contribution is 7.99. The van der Waals surface area contributed by atoms with Crippen molar-refractivity contribution in [3.05, 3.63) is 34.4 Å². The fraction of sp³-hybridized carbons (Fsp3) is 0.533. The minimum Gasteiger partial charge on any atom is -0.300 e. The van der Waals surface area contributed by atoms with Gasteiger partial charge in [0.15, 0.2) is 0 Å². The molecule has 6 heteroatoms. The summed E-state index contributed by atoms with van der Waals surface area (Å²) < 4.78 is 0. The predicted molar refractivity (Wildman–Crippen MR) is 85.4 cm³/mol. The number of thioether (sulfide) groups is 1. The van der Waals surface area contributed by atoms with Gasteiger partial charge in [-0.1, -0.05) is 26.0 Å². The second-order valence-corrected chi connectivity index (χ2v) is 5.89. The van der Waals surface area contributed by atoms with Crippen LogP contribution < -0.4 is 5.32 Å². The fourth-order valence-electron chi connectivity index (χ4n) is 2.19. The van der Waals surface area contributed by atoms with Crippen LogP contribution in [0.25, 0.3) is 0 Å². The van der Waals surface area contributed by atoms with E-state index in [0.717, 1.165) is 31.6 Å². The summed E-state index contributed by atoms with van der Waals surface area (Å²) in [5.41, 5.74) is -0.325. The Bertz CT molecular complexity index is 516. The molecule has 1 unspecified atom stereocenters. The van der Waals surface area contributed by atoms with Crippen molar-refractivity contribution >= 4 is 17.4 Å². The number of benzene rings is 1. The third-order valence-corrected chi connectivity index (χ3v) is 4.55. The number of hydrogen-bond acceptors (Lipinski definition) is 5. The molecule has 1 aromatic carbocycles. The molecule has 0 aliphatic heterocycles. The van der Waals surface area contributed by atoms with Crippen LogP contribution in [0.5, 0.6) is 0 Å². The summed E-state index contributed by atoms with van der Waals surface area (Å²) in [6.45, 7) is 4.75. The summed E-state index contributed by atoms with van der Waals surface area (Å²) in [4.78, 5) is 11.3. The van der Waals surface area contributed by atoms with Gasteiger partial charge in [-0.15, -0.1) is 11.8 Å². The molecule has 0 radical (unpaired) electrons. The van der Waals surface area contributed by atoms with Crippen LogP contribution in [0, 0.1) is 21.4 Å². The number of rotatable bonds is 9. The number of nitrogens with zero attached hydrogens (tertiary/aromatic N) is 2. The molecule has 1 atom stereocenters. The Morgan fingerprint density at radius 2 is 2.14 bits per heavy atom. The van der Waals surface area contributed by atoms with Gasteiger partial charge in [-0.3, -0.25) is 15.4 Å². The average molecular weight is 307 g/mol. The van der Waals surface area contributed by atoms with E-state index in [1.165, 1.54) is 17.8 Å². The van der Waals surface area contributed by atoms with Crippen LogP contribution in [0.2, 0.25) is 0 Å². The highest BCUT2D eigenvalue weighted by atomic mass is 32.2. The molecular weight excluding hydrogens is 286 g/mol. The van der Waals surface area contributed by atoms with Crippen LogP contribution in [0.3, 0.4) is 0 Å². The van der Waals surface area contributed by atoms with Crippen molar-refractivity contribution in [3.8, 4) is 6.07 Å². The first-order valence-electron chi connectivity index (χ1n) is 7.11. The molecule has 1 N–H and O–H groups in total. The summed E-state index contributed by atoms with van der Waals surface area (Å²) in [5, 5.41) is 23.5. The van der Waals surface area contributed by atoms with Crippen LogP contribution in [-0.4, -0.2) is 22.8 Å². The molecule has 114 valence electrons. The van der Waals surface area contributed by atoms with Gasteiger partial charge < -0.3 is 0 Å². The number of nitro groups is 1. The molecule has 0 aromatic heterocycles. The quantitative estimate of drug-likeness (QED) is 0.325. The Hall–Kier alpha value is -1.58. The van der Waals surface area contributed by atoms with Crippen molar-refractivity contribution in [2.24, 2.45) is 0 Å². The molecule has 0 aliphatic carbocycles. The fourth-order valence-corrected chi connectivity index (χ4v) is 3.16. The second-order valence-electron chi connectivity index (χ2n) is 4.75. The van der Waals surface area contributed by atoms with Gasteiger partial charge in [0.25, 0.3) is 5.69 Å². The topological polar surface area (TPSA) is 79.0 Å². The third-order valence-electron chi connectivity index (χ3n) is 3.40. The van der Waals surface area contributed by atoms with Gasteiger partial charge in [0.1, 0.15) is 5.54 Å². The normalized spacial score (nSPS) is 13.4. The molecule has 5 nitrogen and oxygen atoms in total. The lowest BCUT2D eigenvalue weighted by atomic mass is 9.92. The Morgan fingerprint density at radius 3 is 2.71 bits per heavy atom. The van der Waals surface area contributed by atoms with Gasteiger partial charge in [0.2, 0.25) is 0 Å². The number of para-hydroxylation sites is 1. The van der Waals surface area contributed by atoms with Crippen LogP contribution in [0.1, 0.15) is 33.1 Å². The number of hydrogen-bond donors (Lipinski definition) is 1. The van der Waals surface area contributed by atoms with E-state index in [0.29, 0.717) is 4.90 Å². The van der Waals surface area contributed by atoms with E-state index in [4.69, 9.17) is 0 Å². The SMILES string of the molecule is CCNC(C#N)(CC)CCCSc1ccccc1[N+](=O)[O-]. The molecule has 0 saturated heterocycles. The smallest absolute Gasteiger partial charge is 0.282 e. The lowest BCUT2D eigenvalue weighted by Gasteiger charge is -2.25. The highest BCUT2D eigenvalue weighted by Gasteiger charge is 2.25. The number of nitrogens with one attached hydrogen (secondary N) is 1. The Kier molecular flexibility index (Phi) is 7.20. The maximum Gasteiger partial charge on any atom is 0.282 e. The summed E-state index contributed by atoms with van der Waals surface area (Å²) >= 11 is 1.48. The summed E-state index contributed by atoms with van der Waals surface area (Å²) in [6.07, 6.45) is 2.35. The van der Waals surface area contributed by atoms with Crippen molar-refractivity contribution in [2.45, 2.75) is 43.5 Å². The molecule has 1 rings (SSSR count). The highest BCUT2D eigenvalue weighted by Crippen LogP contribution is 2.30. The van der Waals surface area contributed by atoms with Crippen LogP contribution in [-0.2, 0) is 0 Å². The van der Waals surface area contributed by atoms with E-state index in [-0.39, 0.29) is 10.6 Å². The van der Waals surface area contributed by atoms with Crippen LogP contribution in [0.15, 0.2) is 29.2 Å². The Balaban J connectivity index is 2.55. The Morgan fingerprint density at radius 1 is 1.43 bits per heavy atom. The standard InChI is InChI=1S/C15H21N3O2S/c1-3-15(12-16,17-4-2)10-7-11-21-14-9-6-5-8-13(14)18(19)20/h5-6,8-9,17H,3-4,7,10-11H2,1-2H3.